The van der Waals surface area contributed by atoms with Gasteiger partial charge in [-0.3, -0.25) is 9.78 Å². The number of aromatic carboxylic acids is 1. The monoisotopic (exact) mass is 209 g/mol. The van der Waals surface area contributed by atoms with Gasteiger partial charge in [-0.05, 0) is 19.1 Å². The Morgan fingerprint density at radius 1 is 1.53 bits per heavy atom. The van der Waals surface area contributed by atoms with Gasteiger partial charge in [0.25, 0.3) is 0 Å². The standard InChI is InChI=1S/C10H11NO4/c1-6(10(14)15-2)8-5-7(9(12)13)3-4-11-8/h3-6H,1-2H3,(H,12,13). The largest absolute Gasteiger partial charge is 0.478 e. The molecule has 0 saturated carbocycles. The second-order valence-corrected chi connectivity index (χ2v) is 3.02. The zero-order chi connectivity index (χ0) is 11.4. The lowest BCUT2D eigenvalue weighted by Crippen LogP contribution is -2.13. The Morgan fingerprint density at radius 2 is 2.20 bits per heavy atom. The zero-order valence-electron chi connectivity index (χ0n) is 8.43. The average Bonchev–Trinajstić information content (AvgIpc) is 2.27. The topological polar surface area (TPSA) is 76.5 Å². The number of hydrogen-bond donors (Lipinski definition) is 1. The van der Waals surface area contributed by atoms with Crippen LogP contribution in [0.2, 0.25) is 0 Å². The van der Waals surface area contributed by atoms with Crippen molar-refractivity contribution >= 4 is 11.9 Å². The minimum atomic E-state index is -1.05. The minimum absolute atomic E-state index is 0.107. The van der Waals surface area contributed by atoms with E-state index in [9.17, 15) is 9.59 Å². The maximum absolute atomic E-state index is 11.2. The predicted octanol–water partition coefficient (Wildman–Crippen LogP) is 1.06. The zero-order valence-corrected chi connectivity index (χ0v) is 8.43. The molecule has 1 aromatic heterocycles. The van der Waals surface area contributed by atoms with E-state index in [-0.39, 0.29) is 5.56 Å². The number of nitrogens with zero attached hydrogens (tertiary/aromatic N) is 1. The average molecular weight is 209 g/mol. The van der Waals surface area contributed by atoms with Crippen LogP contribution in [-0.2, 0) is 9.53 Å². The molecule has 0 aliphatic carbocycles. The maximum Gasteiger partial charge on any atom is 0.335 e. The normalized spacial score (nSPS) is 11.9. The summed E-state index contributed by atoms with van der Waals surface area (Å²) in [6.45, 7) is 1.61. The molecule has 0 fully saturated rings. The summed E-state index contributed by atoms with van der Waals surface area (Å²) in [5, 5.41) is 8.74. The highest BCUT2D eigenvalue weighted by molar-refractivity contribution is 5.88. The number of carbonyl (C=O) groups excluding carboxylic acids is 1. The smallest absolute Gasteiger partial charge is 0.335 e. The molecule has 0 amide bonds. The fraction of sp³-hybridized carbons (Fsp3) is 0.300. The van der Waals surface area contributed by atoms with E-state index < -0.39 is 17.9 Å². The van der Waals surface area contributed by atoms with Gasteiger partial charge in [0.1, 0.15) is 0 Å². The van der Waals surface area contributed by atoms with Crippen LogP contribution in [0.1, 0.15) is 28.9 Å². The molecule has 80 valence electrons. The molecule has 1 atom stereocenters. The summed E-state index contributed by atoms with van der Waals surface area (Å²) in [6.07, 6.45) is 1.36. The summed E-state index contributed by atoms with van der Waals surface area (Å²) < 4.78 is 4.54. The van der Waals surface area contributed by atoms with Gasteiger partial charge in [0.15, 0.2) is 0 Å². The molecule has 1 unspecified atom stereocenters. The molecule has 0 aliphatic heterocycles. The Labute approximate surface area is 86.7 Å². The van der Waals surface area contributed by atoms with E-state index in [1.807, 2.05) is 0 Å². The highest BCUT2D eigenvalue weighted by Gasteiger charge is 2.18. The molecule has 1 heterocycles. The molecular formula is C10H11NO4. The first-order chi connectivity index (χ1) is 7.06. The first-order valence-electron chi connectivity index (χ1n) is 4.33. The minimum Gasteiger partial charge on any atom is -0.478 e. The molecule has 0 aliphatic rings. The predicted molar refractivity (Wildman–Crippen MR) is 51.6 cm³/mol. The lowest BCUT2D eigenvalue weighted by molar-refractivity contribution is -0.142. The molecule has 5 nitrogen and oxygen atoms in total. The molecule has 0 spiro atoms. The molecule has 0 radical (unpaired) electrons. The van der Waals surface area contributed by atoms with Crippen molar-refractivity contribution in [1.29, 1.82) is 0 Å². The summed E-state index contributed by atoms with van der Waals surface area (Å²) in [6, 6.07) is 2.74. The van der Waals surface area contributed by atoms with Crippen LogP contribution in [0.4, 0.5) is 0 Å². The van der Waals surface area contributed by atoms with Crippen LogP contribution >= 0.6 is 0 Å². The Morgan fingerprint density at radius 3 is 2.73 bits per heavy atom. The van der Waals surface area contributed by atoms with Crippen LogP contribution in [-0.4, -0.2) is 29.1 Å². The number of aromatic nitrogens is 1. The van der Waals surface area contributed by atoms with Gasteiger partial charge in [0, 0.05) is 6.20 Å². The molecule has 15 heavy (non-hydrogen) atoms. The first-order valence-corrected chi connectivity index (χ1v) is 4.33. The summed E-state index contributed by atoms with van der Waals surface area (Å²) >= 11 is 0. The Hall–Kier alpha value is -1.91. The van der Waals surface area contributed by atoms with Crippen molar-refractivity contribution in [3.8, 4) is 0 Å². The van der Waals surface area contributed by atoms with Crippen LogP contribution in [0.25, 0.3) is 0 Å². The molecular weight excluding hydrogens is 198 g/mol. The van der Waals surface area contributed by atoms with E-state index in [0.717, 1.165) is 0 Å². The van der Waals surface area contributed by atoms with E-state index >= 15 is 0 Å². The van der Waals surface area contributed by atoms with E-state index in [1.54, 1.807) is 6.92 Å². The van der Waals surface area contributed by atoms with Gasteiger partial charge in [0.2, 0.25) is 0 Å². The number of rotatable bonds is 3. The van der Waals surface area contributed by atoms with Crippen LogP contribution in [0.5, 0.6) is 0 Å². The number of hydrogen-bond acceptors (Lipinski definition) is 4. The number of carboxylic acids is 1. The lowest BCUT2D eigenvalue weighted by atomic mass is 10.1. The van der Waals surface area contributed by atoms with Crippen LogP contribution in [0.15, 0.2) is 18.3 Å². The quantitative estimate of drug-likeness (QED) is 0.753. The van der Waals surface area contributed by atoms with E-state index in [2.05, 4.69) is 9.72 Å². The second kappa shape index (κ2) is 4.54. The molecule has 1 N–H and O–H groups in total. The molecule has 1 rings (SSSR count). The number of esters is 1. The van der Waals surface area contributed by atoms with E-state index in [0.29, 0.717) is 5.69 Å². The van der Waals surface area contributed by atoms with E-state index in [1.165, 1.54) is 25.4 Å². The Balaban J connectivity index is 3.00. The lowest BCUT2D eigenvalue weighted by Gasteiger charge is -2.08. The first kappa shape index (κ1) is 11.2. The van der Waals surface area contributed by atoms with Gasteiger partial charge in [-0.25, -0.2) is 4.79 Å². The second-order valence-electron chi connectivity index (χ2n) is 3.02. The van der Waals surface area contributed by atoms with Gasteiger partial charge in [0.05, 0.1) is 24.3 Å². The summed E-state index contributed by atoms with van der Waals surface area (Å²) in [4.78, 5) is 25.8. The van der Waals surface area contributed by atoms with Gasteiger partial charge >= 0.3 is 11.9 Å². The van der Waals surface area contributed by atoms with Crippen molar-refractivity contribution in [2.24, 2.45) is 0 Å². The van der Waals surface area contributed by atoms with Crippen molar-refractivity contribution in [3.63, 3.8) is 0 Å². The Bertz CT molecular complexity index is 389. The van der Waals surface area contributed by atoms with Crippen molar-refractivity contribution in [2.45, 2.75) is 12.8 Å². The molecule has 1 aromatic rings. The molecule has 0 bridgehead atoms. The number of carbonyl (C=O) groups is 2. The number of carboxylic acid groups (broad SMARTS) is 1. The number of ether oxygens (including phenoxy) is 1. The van der Waals surface area contributed by atoms with Crippen LogP contribution in [0, 0.1) is 0 Å². The van der Waals surface area contributed by atoms with E-state index in [4.69, 9.17) is 5.11 Å². The fourth-order valence-corrected chi connectivity index (χ4v) is 1.12. The van der Waals surface area contributed by atoms with Crippen molar-refractivity contribution in [1.82, 2.24) is 4.98 Å². The summed E-state index contributed by atoms with van der Waals surface area (Å²) in [7, 11) is 1.28. The third kappa shape index (κ3) is 2.52. The molecule has 0 saturated heterocycles. The fourth-order valence-electron chi connectivity index (χ4n) is 1.12. The number of pyridine rings is 1. The van der Waals surface area contributed by atoms with Crippen molar-refractivity contribution in [3.05, 3.63) is 29.6 Å². The number of methoxy groups -OCH3 is 1. The van der Waals surface area contributed by atoms with Gasteiger partial charge in [-0.15, -0.1) is 0 Å². The van der Waals surface area contributed by atoms with Crippen molar-refractivity contribution in [2.75, 3.05) is 7.11 Å². The maximum atomic E-state index is 11.2. The van der Waals surface area contributed by atoms with Crippen molar-refractivity contribution < 1.29 is 19.4 Å². The van der Waals surface area contributed by atoms with Gasteiger partial charge in [-0.1, -0.05) is 0 Å². The molecule has 5 heteroatoms. The molecule has 0 aromatic carbocycles. The SMILES string of the molecule is COC(=O)C(C)c1cc(C(=O)O)ccn1. The van der Waals surface area contributed by atoms with Crippen LogP contribution < -0.4 is 0 Å². The Kier molecular flexibility index (Phi) is 3.38. The summed E-state index contributed by atoms with van der Waals surface area (Å²) in [5.41, 5.74) is 0.498. The van der Waals surface area contributed by atoms with Gasteiger partial charge in [-0.2, -0.15) is 0 Å². The van der Waals surface area contributed by atoms with Gasteiger partial charge < -0.3 is 9.84 Å². The third-order valence-corrected chi connectivity index (χ3v) is 2.03. The summed E-state index contributed by atoms with van der Waals surface area (Å²) in [5.74, 6) is -2.05. The highest BCUT2D eigenvalue weighted by atomic mass is 16.5. The van der Waals surface area contributed by atoms with Crippen LogP contribution in [0.3, 0.4) is 0 Å². The highest BCUT2D eigenvalue weighted by Crippen LogP contribution is 2.15. The third-order valence-electron chi connectivity index (χ3n) is 2.03.